The SMILES string of the molecule is CCCNC(c1ccc(C)cc1)C(C)N1CCN(C)CC1. The van der Waals surface area contributed by atoms with Crippen LogP contribution < -0.4 is 5.32 Å². The summed E-state index contributed by atoms with van der Waals surface area (Å²) < 4.78 is 0. The molecule has 3 nitrogen and oxygen atoms in total. The molecule has 0 amide bonds. The Balaban J connectivity index is 2.09. The van der Waals surface area contributed by atoms with Gasteiger partial charge in [-0.1, -0.05) is 36.8 Å². The minimum Gasteiger partial charge on any atom is -0.309 e. The van der Waals surface area contributed by atoms with E-state index < -0.39 is 0 Å². The molecule has 1 saturated heterocycles. The number of hydrogen-bond acceptors (Lipinski definition) is 3. The van der Waals surface area contributed by atoms with E-state index in [0.29, 0.717) is 12.1 Å². The normalized spacial score (nSPS) is 20.4. The molecule has 1 heterocycles. The Labute approximate surface area is 130 Å². The van der Waals surface area contributed by atoms with E-state index in [4.69, 9.17) is 0 Å². The Morgan fingerprint density at radius 1 is 1.10 bits per heavy atom. The third-order valence-electron chi connectivity index (χ3n) is 4.65. The molecular weight excluding hydrogens is 258 g/mol. The Hall–Kier alpha value is -0.900. The Kier molecular flexibility index (Phi) is 6.22. The molecular formula is C18H31N3. The first-order valence-electron chi connectivity index (χ1n) is 8.34. The lowest BCUT2D eigenvalue weighted by Crippen LogP contribution is -2.51. The summed E-state index contributed by atoms with van der Waals surface area (Å²) in [6.45, 7) is 12.6. The monoisotopic (exact) mass is 289 g/mol. The van der Waals surface area contributed by atoms with Gasteiger partial charge in [0.25, 0.3) is 0 Å². The van der Waals surface area contributed by atoms with Gasteiger partial charge < -0.3 is 10.2 Å². The van der Waals surface area contributed by atoms with Crippen molar-refractivity contribution < 1.29 is 0 Å². The van der Waals surface area contributed by atoms with Crippen LogP contribution in [0.15, 0.2) is 24.3 Å². The van der Waals surface area contributed by atoms with Crippen molar-refractivity contribution in [2.45, 2.75) is 39.3 Å². The summed E-state index contributed by atoms with van der Waals surface area (Å²) >= 11 is 0. The van der Waals surface area contributed by atoms with Crippen molar-refractivity contribution in [1.82, 2.24) is 15.1 Å². The van der Waals surface area contributed by atoms with E-state index in [1.807, 2.05) is 0 Å². The van der Waals surface area contributed by atoms with Gasteiger partial charge in [0.15, 0.2) is 0 Å². The van der Waals surface area contributed by atoms with Crippen molar-refractivity contribution >= 4 is 0 Å². The molecule has 1 aromatic rings. The van der Waals surface area contributed by atoms with Crippen LogP contribution in [0.1, 0.15) is 37.4 Å². The van der Waals surface area contributed by atoms with Crippen LogP contribution in [0.5, 0.6) is 0 Å². The zero-order chi connectivity index (χ0) is 15.2. The quantitative estimate of drug-likeness (QED) is 0.868. The fraction of sp³-hybridized carbons (Fsp3) is 0.667. The molecule has 0 aliphatic carbocycles. The molecule has 2 unspecified atom stereocenters. The molecule has 1 fully saturated rings. The van der Waals surface area contributed by atoms with E-state index in [-0.39, 0.29) is 0 Å². The minimum absolute atomic E-state index is 0.425. The summed E-state index contributed by atoms with van der Waals surface area (Å²) in [4.78, 5) is 5.05. The molecule has 2 rings (SSSR count). The molecule has 21 heavy (non-hydrogen) atoms. The van der Waals surface area contributed by atoms with Gasteiger partial charge in [-0.05, 0) is 39.4 Å². The van der Waals surface area contributed by atoms with E-state index in [9.17, 15) is 0 Å². The third-order valence-corrected chi connectivity index (χ3v) is 4.65. The van der Waals surface area contributed by atoms with Gasteiger partial charge in [-0.25, -0.2) is 0 Å². The maximum absolute atomic E-state index is 3.76. The van der Waals surface area contributed by atoms with Crippen LogP contribution in [0.2, 0.25) is 0 Å². The number of aryl methyl sites for hydroxylation is 1. The Morgan fingerprint density at radius 2 is 1.71 bits per heavy atom. The largest absolute Gasteiger partial charge is 0.309 e. The second kappa shape index (κ2) is 7.92. The van der Waals surface area contributed by atoms with Crippen molar-refractivity contribution in [3.63, 3.8) is 0 Å². The molecule has 0 radical (unpaired) electrons. The van der Waals surface area contributed by atoms with Gasteiger partial charge in [0.05, 0.1) is 0 Å². The fourth-order valence-corrected chi connectivity index (χ4v) is 3.08. The number of likely N-dealkylation sites (N-methyl/N-ethyl adjacent to an activating group) is 1. The van der Waals surface area contributed by atoms with Crippen LogP contribution in [0.25, 0.3) is 0 Å². The molecule has 1 aliphatic rings. The molecule has 1 aliphatic heterocycles. The second-order valence-corrected chi connectivity index (χ2v) is 6.42. The highest BCUT2D eigenvalue weighted by atomic mass is 15.3. The van der Waals surface area contributed by atoms with Gasteiger partial charge >= 0.3 is 0 Å². The maximum atomic E-state index is 3.76. The molecule has 1 N–H and O–H groups in total. The fourth-order valence-electron chi connectivity index (χ4n) is 3.08. The molecule has 118 valence electrons. The summed E-state index contributed by atoms with van der Waals surface area (Å²) in [6, 6.07) is 9.99. The average molecular weight is 289 g/mol. The number of hydrogen-bond donors (Lipinski definition) is 1. The van der Waals surface area contributed by atoms with Gasteiger partial charge in [-0.3, -0.25) is 4.90 Å². The summed E-state index contributed by atoms with van der Waals surface area (Å²) in [6.07, 6.45) is 1.18. The van der Waals surface area contributed by atoms with Crippen LogP contribution in [-0.4, -0.2) is 55.6 Å². The average Bonchev–Trinajstić information content (AvgIpc) is 2.50. The number of benzene rings is 1. The lowest BCUT2D eigenvalue weighted by Gasteiger charge is -2.40. The van der Waals surface area contributed by atoms with Gasteiger partial charge in [0.1, 0.15) is 0 Å². The van der Waals surface area contributed by atoms with E-state index >= 15 is 0 Å². The smallest absolute Gasteiger partial charge is 0.0475 e. The van der Waals surface area contributed by atoms with Crippen LogP contribution >= 0.6 is 0 Å². The van der Waals surface area contributed by atoms with E-state index in [1.54, 1.807) is 0 Å². The van der Waals surface area contributed by atoms with E-state index in [2.05, 4.69) is 67.2 Å². The summed E-state index contributed by atoms with van der Waals surface area (Å²) in [5.74, 6) is 0. The van der Waals surface area contributed by atoms with Crippen LogP contribution in [0, 0.1) is 6.92 Å². The molecule has 2 atom stereocenters. The van der Waals surface area contributed by atoms with Gasteiger partial charge in [0.2, 0.25) is 0 Å². The number of piperazine rings is 1. The lowest BCUT2D eigenvalue weighted by atomic mass is 9.97. The van der Waals surface area contributed by atoms with Crippen molar-refractivity contribution in [1.29, 1.82) is 0 Å². The molecule has 0 spiro atoms. The maximum Gasteiger partial charge on any atom is 0.0475 e. The zero-order valence-electron chi connectivity index (χ0n) is 14.1. The van der Waals surface area contributed by atoms with Crippen molar-refractivity contribution in [2.75, 3.05) is 39.8 Å². The molecule has 3 heteroatoms. The molecule has 1 aromatic carbocycles. The predicted octanol–water partition coefficient (Wildman–Crippen LogP) is 2.67. The van der Waals surface area contributed by atoms with Crippen LogP contribution in [0.3, 0.4) is 0 Å². The Morgan fingerprint density at radius 3 is 2.29 bits per heavy atom. The van der Waals surface area contributed by atoms with Gasteiger partial charge in [0, 0.05) is 38.3 Å². The van der Waals surface area contributed by atoms with Gasteiger partial charge in [-0.15, -0.1) is 0 Å². The number of nitrogens with one attached hydrogen (secondary N) is 1. The molecule has 0 bridgehead atoms. The summed E-state index contributed by atoms with van der Waals surface area (Å²) in [5, 5.41) is 3.76. The Bertz CT molecular complexity index is 407. The highest BCUT2D eigenvalue weighted by Gasteiger charge is 2.26. The van der Waals surface area contributed by atoms with Crippen molar-refractivity contribution in [2.24, 2.45) is 0 Å². The first-order chi connectivity index (χ1) is 10.1. The standard InChI is InChI=1S/C18H31N3/c1-5-10-19-18(17-8-6-15(2)7-9-17)16(3)21-13-11-20(4)12-14-21/h6-9,16,18-19H,5,10-14H2,1-4H3. The summed E-state index contributed by atoms with van der Waals surface area (Å²) in [5.41, 5.74) is 2.75. The first-order valence-corrected chi connectivity index (χ1v) is 8.34. The van der Waals surface area contributed by atoms with Crippen LogP contribution in [-0.2, 0) is 0 Å². The second-order valence-electron chi connectivity index (χ2n) is 6.42. The lowest BCUT2D eigenvalue weighted by molar-refractivity contribution is 0.0987. The van der Waals surface area contributed by atoms with Crippen molar-refractivity contribution in [3.8, 4) is 0 Å². The van der Waals surface area contributed by atoms with Crippen LogP contribution in [0.4, 0.5) is 0 Å². The highest BCUT2D eigenvalue weighted by Crippen LogP contribution is 2.22. The van der Waals surface area contributed by atoms with E-state index in [0.717, 1.165) is 6.54 Å². The van der Waals surface area contributed by atoms with E-state index in [1.165, 1.54) is 43.7 Å². The molecule has 0 saturated carbocycles. The summed E-state index contributed by atoms with van der Waals surface area (Å²) in [7, 11) is 2.22. The molecule has 0 aromatic heterocycles. The number of rotatable bonds is 6. The third kappa shape index (κ3) is 4.53. The minimum atomic E-state index is 0.425. The topological polar surface area (TPSA) is 18.5 Å². The number of nitrogens with zero attached hydrogens (tertiary/aromatic N) is 2. The predicted molar refractivity (Wildman–Crippen MR) is 90.7 cm³/mol. The van der Waals surface area contributed by atoms with Crippen molar-refractivity contribution in [3.05, 3.63) is 35.4 Å². The first kappa shape index (κ1) is 16.5. The zero-order valence-corrected chi connectivity index (χ0v) is 14.1. The highest BCUT2D eigenvalue weighted by molar-refractivity contribution is 5.25. The van der Waals surface area contributed by atoms with Gasteiger partial charge in [-0.2, -0.15) is 0 Å².